The second-order valence-corrected chi connectivity index (χ2v) is 8.72. The SMILES string of the molecule is CCCn1c2ccccc2c2cnn(CC(=O)Nc3ccc(S(N)(=O)=O)cc3)c(=O)c21. The standard InChI is InChI=1S/C21H21N5O4S/c1-2-11-25-18-6-4-3-5-16(18)17-12-23-26(21(28)20(17)25)13-19(27)24-14-7-9-15(10-8-14)31(22,29)30/h3-10,12H,2,11,13H2,1H3,(H,24,27)(H2,22,29,30). The smallest absolute Gasteiger partial charge is 0.291 e. The summed E-state index contributed by atoms with van der Waals surface area (Å²) in [6.45, 7) is 2.43. The van der Waals surface area contributed by atoms with Crippen LogP contribution in [0.15, 0.2) is 64.4 Å². The molecule has 0 fully saturated rings. The molecule has 2 heterocycles. The quantitative estimate of drug-likeness (QED) is 0.475. The van der Waals surface area contributed by atoms with E-state index in [0.29, 0.717) is 17.7 Å². The Morgan fingerprint density at radius 2 is 1.81 bits per heavy atom. The van der Waals surface area contributed by atoms with Crippen LogP contribution in [0.3, 0.4) is 0 Å². The summed E-state index contributed by atoms with van der Waals surface area (Å²) in [6, 6.07) is 13.2. The second kappa shape index (κ2) is 7.97. The number of carbonyl (C=O) groups excluding carboxylic acids is 1. The number of anilines is 1. The van der Waals surface area contributed by atoms with Gasteiger partial charge in [-0.3, -0.25) is 9.59 Å². The second-order valence-electron chi connectivity index (χ2n) is 7.16. The molecule has 31 heavy (non-hydrogen) atoms. The Hall–Kier alpha value is -3.50. The Bertz CT molecular complexity index is 1450. The normalized spacial score (nSPS) is 11.8. The lowest BCUT2D eigenvalue weighted by Gasteiger charge is -2.09. The molecule has 160 valence electrons. The first kappa shape index (κ1) is 20.8. The van der Waals surface area contributed by atoms with Crippen molar-refractivity contribution in [3.8, 4) is 0 Å². The molecular formula is C21H21N5O4S. The molecule has 0 spiro atoms. The molecular weight excluding hydrogens is 418 g/mol. The van der Waals surface area contributed by atoms with E-state index in [4.69, 9.17) is 5.14 Å². The maximum absolute atomic E-state index is 13.2. The molecule has 4 aromatic rings. The number of hydrogen-bond acceptors (Lipinski definition) is 5. The van der Waals surface area contributed by atoms with Gasteiger partial charge in [0.15, 0.2) is 0 Å². The summed E-state index contributed by atoms with van der Waals surface area (Å²) in [7, 11) is -3.81. The fourth-order valence-electron chi connectivity index (χ4n) is 3.63. The van der Waals surface area contributed by atoms with Crippen LogP contribution in [0.2, 0.25) is 0 Å². The van der Waals surface area contributed by atoms with Gasteiger partial charge in [0.25, 0.3) is 5.56 Å². The van der Waals surface area contributed by atoms with E-state index in [2.05, 4.69) is 10.4 Å². The number of hydrogen-bond donors (Lipinski definition) is 2. The summed E-state index contributed by atoms with van der Waals surface area (Å²) in [5.74, 6) is -0.463. The molecule has 1 amide bonds. The molecule has 0 aliphatic carbocycles. The summed E-state index contributed by atoms with van der Waals surface area (Å²) < 4.78 is 25.8. The number of nitrogens with two attached hydrogens (primary N) is 1. The van der Waals surface area contributed by atoms with Crippen LogP contribution in [-0.4, -0.2) is 28.7 Å². The third-order valence-electron chi connectivity index (χ3n) is 4.98. The van der Waals surface area contributed by atoms with Crippen molar-refractivity contribution in [2.45, 2.75) is 31.3 Å². The summed E-state index contributed by atoms with van der Waals surface area (Å²) in [4.78, 5) is 25.6. The summed E-state index contributed by atoms with van der Waals surface area (Å²) in [5.41, 5.74) is 1.51. The number of rotatable bonds is 6. The lowest BCUT2D eigenvalue weighted by molar-refractivity contribution is -0.117. The third-order valence-corrected chi connectivity index (χ3v) is 5.91. The van der Waals surface area contributed by atoms with E-state index in [-0.39, 0.29) is 17.0 Å². The zero-order valence-electron chi connectivity index (χ0n) is 16.8. The highest BCUT2D eigenvalue weighted by atomic mass is 32.2. The van der Waals surface area contributed by atoms with Crippen LogP contribution >= 0.6 is 0 Å². The number of nitrogens with one attached hydrogen (secondary N) is 1. The Kier molecular flexibility index (Phi) is 5.34. The minimum absolute atomic E-state index is 0.0578. The van der Waals surface area contributed by atoms with Crippen molar-refractivity contribution in [2.24, 2.45) is 5.14 Å². The molecule has 0 unspecified atom stereocenters. The molecule has 10 heteroatoms. The van der Waals surface area contributed by atoms with E-state index in [1.807, 2.05) is 35.8 Å². The summed E-state index contributed by atoms with van der Waals surface area (Å²) in [5, 5.41) is 13.6. The summed E-state index contributed by atoms with van der Waals surface area (Å²) >= 11 is 0. The number of carbonyl (C=O) groups is 1. The lowest BCUT2D eigenvalue weighted by Crippen LogP contribution is -2.30. The maximum atomic E-state index is 13.2. The Balaban J connectivity index is 1.65. The molecule has 0 aliphatic heterocycles. The van der Waals surface area contributed by atoms with E-state index in [1.54, 1.807) is 6.20 Å². The monoisotopic (exact) mass is 439 g/mol. The molecule has 0 bridgehead atoms. The number of para-hydroxylation sites is 1. The van der Waals surface area contributed by atoms with E-state index >= 15 is 0 Å². The minimum atomic E-state index is -3.81. The molecule has 0 saturated carbocycles. The number of aromatic nitrogens is 3. The van der Waals surface area contributed by atoms with E-state index < -0.39 is 15.9 Å². The zero-order chi connectivity index (χ0) is 22.2. The third kappa shape index (κ3) is 3.94. The number of sulfonamides is 1. The Morgan fingerprint density at radius 3 is 2.48 bits per heavy atom. The van der Waals surface area contributed by atoms with Crippen molar-refractivity contribution in [1.82, 2.24) is 14.3 Å². The van der Waals surface area contributed by atoms with Gasteiger partial charge in [0, 0.05) is 28.5 Å². The average Bonchev–Trinajstić information content (AvgIpc) is 3.05. The van der Waals surface area contributed by atoms with E-state index in [0.717, 1.165) is 27.4 Å². The van der Waals surface area contributed by atoms with Gasteiger partial charge in [-0.25, -0.2) is 18.2 Å². The van der Waals surface area contributed by atoms with Crippen molar-refractivity contribution in [3.63, 3.8) is 0 Å². The highest BCUT2D eigenvalue weighted by Crippen LogP contribution is 2.26. The lowest BCUT2D eigenvalue weighted by atomic mass is 10.2. The van der Waals surface area contributed by atoms with Gasteiger partial charge in [0.05, 0.1) is 11.1 Å². The van der Waals surface area contributed by atoms with Gasteiger partial charge < -0.3 is 9.88 Å². The van der Waals surface area contributed by atoms with Gasteiger partial charge in [-0.2, -0.15) is 5.10 Å². The van der Waals surface area contributed by atoms with Gasteiger partial charge in [-0.05, 0) is 36.8 Å². The topological polar surface area (TPSA) is 129 Å². The van der Waals surface area contributed by atoms with Crippen molar-refractivity contribution < 1.29 is 13.2 Å². The Labute approximate surface area is 178 Å². The van der Waals surface area contributed by atoms with Crippen LogP contribution in [0.5, 0.6) is 0 Å². The van der Waals surface area contributed by atoms with Crippen LogP contribution in [0.1, 0.15) is 13.3 Å². The van der Waals surface area contributed by atoms with Crippen molar-refractivity contribution in [3.05, 3.63) is 65.1 Å². The van der Waals surface area contributed by atoms with Crippen LogP contribution in [-0.2, 0) is 27.9 Å². The molecule has 9 nitrogen and oxygen atoms in total. The molecule has 0 atom stereocenters. The first-order chi connectivity index (χ1) is 14.8. The molecule has 0 aliphatic rings. The molecule has 3 N–H and O–H groups in total. The van der Waals surface area contributed by atoms with Crippen LogP contribution < -0.4 is 16.0 Å². The Morgan fingerprint density at radius 1 is 1.10 bits per heavy atom. The van der Waals surface area contributed by atoms with Crippen LogP contribution in [0, 0.1) is 0 Å². The number of benzene rings is 2. The van der Waals surface area contributed by atoms with Crippen LogP contribution in [0.25, 0.3) is 21.8 Å². The highest BCUT2D eigenvalue weighted by molar-refractivity contribution is 7.89. The largest absolute Gasteiger partial charge is 0.336 e. The number of amides is 1. The molecule has 2 aromatic heterocycles. The maximum Gasteiger partial charge on any atom is 0.291 e. The van der Waals surface area contributed by atoms with Crippen molar-refractivity contribution in [1.29, 1.82) is 0 Å². The van der Waals surface area contributed by atoms with Gasteiger partial charge in [-0.15, -0.1) is 0 Å². The number of fused-ring (bicyclic) bond motifs is 3. The predicted molar refractivity (Wildman–Crippen MR) is 118 cm³/mol. The number of nitrogens with zero attached hydrogens (tertiary/aromatic N) is 3. The van der Waals surface area contributed by atoms with Crippen molar-refractivity contribution in [2.75, 3.05) is 5.32 Å². The highest BCUT2D eigenvalue weighted by Gasteiger charge is 2.17. The zero-order valence-corrected chi connectivity index (χ0v) is 17.6. The first-order valence-corrected chi connectivity index (χ1v) is 11.2. The molecule has 4 rings (SSSR count). The van der Waals surface area contributed by atoms with E-state index in [1.165, 1.54) is 24.3 Å². The first-order valence-electron chi connectivity index (χ1n) is 9.69. The molecule has 2 aromatic carbocycles. The summed E-state index contributed by atoms with van der Waals surface area (Å²) in [6.07, 6.45) is 2.46. The van der Waals surface area contributed by atoms with Crippen LogP contribution in [0.4, 0.5) is 5.69 Å². The predicted octanol–water partition coefficient (Wildman–Crippen LogP) is 2.05. The van der Waals surface area contributed by atoms with Gasteiger partial charge in [0.2, 0.25) is 15.9 Å². The fourth-order valence-corrected chi connectivity index (χ4v) is 4.14. The molecule has 0 saturated heterocycles. The number of primary sulfonamides is 1. The minimum Gasteiger partial charge on any atom is -0.336 e. The molecule has 0 radical (unpaired) electrons. The van der Waals surface area contributed by atoms with E-state index in [9.17, 15) is 18.0 Å². The van der Waals surface area contributed by atoms with Gasteiger partial charge >= 0.3 is 0 Å². The fraction of sp³-hybridized carbons (Fsp3) is 0.190. The van der Waals surface area contributed by atoms with Gasteiger partial charge in [-0.1, -0.05) is 25.1 Å². The number of aryl methyl sites for hydroxylation is 1. The average molecular weight is 439 g/mol. The van der Waals surface area contributed by atoms with Gasteiger partial charge in [0.1, 0.15) is 12.1 Å². The van der Waals surface area contributed by atoms with Crippen molar-refractivity contribution >= 4 is 43.4 Å².